The highest BCUT2D eigenvalue weighted by Crippen LogP contribution is 2.24. The number of hydrogen-bond acceptors (Lipinski definition) is 4. The minimum atomic E-state index is -0.202. The Hall–Kier alpha value is -2.84. The Balaban J connectivity index is 1.73. The van der Waals surface area contributed by atoms with Gasteiger partial charge in [0.2, 0.25) is 5.78 Å². The fourth-order valence-electron chi connectivity index (χ4n) is 2.18. The molecule has 0 N–H and O–H groups in total. The second-order valence-electron chi connectivity index (χ2n) is 5.01. The van der Waals surface area contributed by atoms with Crippen molar-refractivity contribution in [3.8, 4) is 11.8 Å². The van der Waals surface area contributed by atoms with Crippen LogP contribution in [-0.4, -0.2) is 12.4 Å². The molecular formula is C19H12BrNO3. The van der Waals surface area contributed by atoms with Gasteiger partial charge in [0.25, 0.3) is 0 Å². The molecule has 118 valence electrons. The van der Waals surface area contributed by atoms with E-state index in [2.05, 4.69) is 15.9 Å². The van der Waals surface area contributed by atoms with Crippen molar-refractivity contribution in [3.05, 3.63) is 70.4 Å². The standard InChI is InChI=1S/C19H12BrNO3/c20-15-4-8-18-14(11-15)12-19(24-18)17(22)7-3-13-1-5-16(6-2-13)23-10-9-21/h1-8,11-12H,10H2/b7-3+. The summed E-state index contributed by atoms with van der Waals surface area (Å²) in [6.07, 6.45) is 3.18. The maximum absolute atomic E-state index is 12.2. The summed E-state index contributed by atoms with van der Waals surface area (Å²) in [7, 11) is 0. The summed E-state index contributed by atoms with van der Waals surface area (Å²) in [6.45, 7) is 0.00976. The Labute approximate surface area is 147 Å². The molecule has 2 aromatic carbocycles. The summed E-state index contributed by atoms with van der Waals surface area (Å²) < 4.78 is 11.7. The fourth-order valence-corrected chi connectivity index (χ4v) is 2.56. The number of fused-ring (bicyclic) bond motifs is 1. The number of nitriles is 1. The molecule has 1 aromatic heterocycles. The molecule has 0 aliphatic rings. The third-order valence-electron chi connectivity index (χ3n) is 3.33. The summed E-state index contributed by atoms with van der Waals surface area (Å²) >= 11 is 3.39. The average Bonchev–Trinajstić information content (AvgIpc) is 3.02. The predicted molar refractivity (Wildman–Crippen MR) is 94.8 cm³/mol. The highest BCUT2D eigenvalue weighted by Gasteiger charge is 2.09. The lowest BCUT2D eigenvalue weighted by Gasteiger charge is -2.00. The summed E-state index contributed by atoms with van der Waals surface area (Å²) in [5.41, 5.74) is 1.53. The van der Waals surface area contributed by atoms with E-state index in [1.165, 1.54) is 6.08 Å². The van der Waals surface area contributed by atoms with Crippen molar-refractivity contribution in [1.82, 2.24) is 0 Å². The zero-order valence-corrected chi connectivity index (χ0v) is 14.1. The zero-order valence-electron chi connectivity index (χ0n) is 12.5. The number of hydrogen-bond donors (Lipinski definition) is 0. The van der Waals surface area contributed by atoms with Gasteiger partial charge in [-0.1, -0.05) is 34.1 Å². The van der Waals surface area contributed by atoms with E-state index in [1.807, 2.05) is 36.4 Å². The topological polar surface area (TPSA) is 63.2 Å². The molecule has 0 aliphatic carbocycles. The van der Waals surface area contributed by atoms with E-state index in [4.69, 9.17) is 14.4 Å². The van der Waals surface area contributed by atoms with Crippen LogP contribution in [0.4, 0.5) is 0 Å². The highest BCUT2D eigenvalue weighted by atomic mass is 79.9. The molecule has 3 aromatic rings. The molecule has 4 nitrogen and oxygen atoms in total. The maximum atomic E-state index is 12.2. The molecule has 1 heterocycles. The van der Waals surface area contributed by atoms with Gasteiger partial charge in [0.05, 0.1) is 0 Å². The smallest absolute Gasteiger partial charge is 0.221 e. The second kappa shape index (κ2) is 7.16. The van der Waals surface area contributed by atoms with Crippen LogP contribution in [0.1, 0.15) is 16.1 Å². The van der Waals surface area contributed by atoms with E-state index >= 15 is 0 Å². The summed E-state index contributed by atoms with van der Waals surface area (Å²) in [5.74, 6) is 0.711. The highest BCUT2D eigenvalue weighted by molar-refractivity contribution is 9.10. The lowest BCUT2D eigenvalue weighted by Crippen LogP contribution is -1.93. The van der Waals surface area contributed by atoms with Crippen molar-refractivity contribution in [2.24, 2.45) is 0 Å². The van der Waals surface area contributed by atoms with E-state index in [1.54, 1.807) is 24.3 Å². The van der Waals surface area contributed by atoms with Crippen molar-refractivity contribution in [3.63, 3.8) is 0 Å². The first-order chi connectivity index (χ1) is 11.7. The third kappa shape index (κ3) is 3.73. The number of rotatable bonds is 5. The fraction of sp³-hybridized carbons (Fsp3) is 0.0526. The van der Waals surface area contributed by atoms with Crippen molar-refractivity contribution >= 4 is 38.8 Å². The lowest BCUT2D eigenvalue weighted by molar-refractivity contribution is 0.102. The number of nitrogens with zero attached hydrogens (tertiary/aromatic N) is 1. The van der Waals surface area contributed by atoms with Crippen LogP contribution in [0.5, 0.6) is 5.75 Å². The largest absolute Gasteiger partial charge is 0.479 e. The molecule has 3 rings (SSSR count). The number of halogens is 1. The van der Waals surface area contributed by atoms with Crippen molar-refractivity contribution < 1.29 is 13.9 Å². The molecule has 0 fully saturated rings. The van der Waals surface area contributed by atoms with Crippen LogP contribution in [0, 0.1) is 11.3 Å². The molecule has 0 saturated carbocycles. The summed E-state index contributed by atoms with van der Waals surface area (Å²) in [6, 6.07) is 16.3. The van der Waals surface area contributed by atoms with Crippen LogP contribution in [0.2, 0.25) is 0 Å². The van der Waals surface area contributed by atoms with Crippen molar-refractivity contribution in [1.29, 1.82) is 5.26 Å². The van der Waals surface area contributed by atoms with Gasteiger partial charge in [-0.15, -0.1) is 0 Å². The van der Waals surface area contributed by atoms with Crippen molar-refractivity contribution in [2.75, 3.05) is 6.61 Å². The van der Waals surface area contributed by atoms with Gasteiger partial charge in [-0.3, -0.25) is 4.79 Å². The van der Waals surface area contributed by atoms with Crippen LogP contribution in [0.15, 0.2) is 63.5 Å². The first kappa shape index (κ1) is 16.0. The zero-order chi connectivity index (χ0) is 16.9. The van der Waals surface area contributed by atoms with E-state index in [0.29, 0.717) is 17.1 Å². The molecule has 5 heteroatoms. The quantitative estimate of drug-likeness (QED) is 0.461. The van der Waals surface area contributed by atoms with Gasteiger partial charge in [0.1, 0.15) is 17.4 Å². The summed E-state index contributed by atoms with van der Waals surface area (Å²) in [5, 5.41) is 9.34. The molecule has 0 saturated heterocycles. The number of furan rings is 1. The third-order valence-corrected chi connectivity index (χ3v) is 3.83. The minimum Gasteiger partial charge on any atom is -0.479 e. The number of allylic oxidation sites excluding steroid dienone is 1. The van der Waals surface area contributed by atoms with Crippen LogP contribution in [0.25, 0.3) is 17.0 Å². The van der Waals surface area contributed by atoms with Gasteiger partial charge in [-0.25, -0.2) is 0 Å². The van der Waals surface area contributed by atoms with Crippen LogP contribution >= 0.6 is 15.9 Å². The Kier molecular flexibility index (Phi) is 4.78. The van der Waals surface area contributed by atoms with E-state index in [-0.39, 0.29) is 12.4 Å². The number of carbonyl (C=O) groups excluding carboxylic acids is 1. The molecule has 0 amide bonds. The molecule has 0 spiro atoms. The predicted octanol–water partition coefficient (Wildman–Crippen LogP) is 4.99. The molecule has 0 unspecified atom stereocenters. The van der Waals surface area contributed by atoms with E-state index in [9.17, 15) is 4.79 Å². The van der Waals surface area contributed by atoms with Gasteiger partial charge in [-0.05, 0) is 48.0 Å². The number of benzene rings is 2. The summed E-state index contributed by atoms with van der Waals surface area (Å²) in [4.78, 5) is 12.2. The Morgan fingerprint density at radius 1 is 1.21 bits per heavy atom. The van der Waals surface area contributed by atoms with Crippen LogP contribution in [0.3, 0.4) is 0 Å². The Morgan fingerprint density at radius 3 is 2.75 bits per heavy atom. The van der Waals surface area contributed by atoms with Gasteiger partial charge >= 0.3 is 0 Å². The lowest BCUT2D eigenvalue weighted by atomic mass is 10.1. The number of ether oxygens (including phenoxy) is 1. The molecule has 24 heavy (non-hydrogen) atoms. The minimum absolute atomic E-state index is 0.00976. The molecule has 0 radical (unpaired) electrons. The van der Waals surface area contributed by atoms with Crippen LogP contribution < -0.4 is 4.74 Å². The maximum Gasteiger partial charge on any atom is 0.221 e. The van der Waals surface area contributed by atoms with Gasteiger partial charge in [0.15, 0.2) is 12.4 Å². The molecular weight excluding hydrogens is 370 g/mol. The van der Waals surface area contributed by atoms with Gasteiger partial charge in [0, 0.05) is 9.86 Å². The molecule has 0 bridgehead atoms. The van der Waals surface area contributed by atoms with E-state index < -0.39 is 0 Å². The second-order valence-corrected chi connectivity index (χ2v) is 5.92. The monoisotopic (exact) mass is 381 g/mol. The van der Waals surface area contributed by atoms with Crippen LogP contribution in [-0.2, 0) is 0 Å². The SMILES string of the molecule is N#CCOc1ccc(/C=C/C(=O)c2cc3cc(Br)ccc3o2)cc1. The number of ketones is 1. The molecule has 0 aliphatic heterocycles. The molecule has 0 atom stereocenters. The Bertz CT molecular complexity index is 949. The first-order valence-corrected chi connectivity index (χ1v) is 7.96. The van der Waals surface area contributed by atoms with Crippen molar-refractivity contribution in [2.45, 2.75) is 0 Å². The Morgan fingerprint density at radius 2 is 2.00 bits per heavy atom. The van der Waals surface area contributed by atoms with E-state index in [0.717, 1.165) is 15.4 Å². The van der Waals surface area contributed by atoms with Gasteiger partial charge < -0.3 is 9.15 Å². The number of carbonyl (C=O) groups is 1. The first-order valence-electron chi connectivity index (χ1n) is 7.17. The van der Waals surface area contributed by atoms with Gasteiger partial charge in [-0.2, -0.15) is 5.26 Å². The normalized spacial score (nSPS) is 10.8. The average molecular weight is 382 g/mol.